The molecule has 0 aromatic carbocycles. The number of likely N-dealkylation sites (N-methyl/N-ethyl adjacent to an activating group) is 1. The minimum atomic E-state index is -0.908. The van der Waals surface area contributed by atoms with E-state index < -0.39 is 11.9 Å². The number of carboxylic acid groups (broad SMARTS) is 2. The Balaban J connectivity index is 0. The maximum Gasteiger partial charge on any atom is 0.373 e. The minimum Gasteiger partial charge on any atom is -0.480 e. The van der Waals surface area contributed by atoms with Crippen LogP contribution >= 0.6 is 0 Å². The predicted molar refractivity (Wildman–Crippen MR) is 105 cm³/mol. The van der Waals surface area contributed by atoms with Gasteiger partial charge in [-0.25, -0.2) is 0 Å². The van der Waals surface area contributed by atoms with E-state index in [1.54, 1.807) is 11.8 Å². The second-order valence-electron chi connectivity index (χ2n) is 6.70. The summed E-state index contributed by atoms with van der Waals surface area (Å²) in [4.78, 5) is 57.6. The van der Waals surface area contributed by atoms with Crippen molar-refractivity contribution in [2.24, 2.45) is 0 Å². The molecule has 11 nitrogen and oxygen atoms in total. The van der Waals surface area contributed by atoms with Gasteiger partial charge in [0.05, 0.1) is 19.6 Å². The zero-order chi connectivity index (χ0) is 21.5. The van der Waals surface area contributed by atoms with Gasteiger partial charge in [-0.1, -0.05) is 7.43 Å². The minimum absolute atomic E-state index is 0. The number of hydrogen-bond acceptors (Lipinski definition) is 9. The van der Waals surface area contributed by atoms with Crippen molar-refractivity contribution in [1.82, 2.24) is 19.6 Å². The Hall–Kier alpha value is -2.17. The molecule has 0 spiro atoms. The Kier molecular flexibility index (Phi) is 16.8. The molecule has 1 saturated heterocycles. The highest BCUT2D eigenvalue weighted by Gasteiger charge is 2.18. The summed E-state index contributed by atoms with van der Waals surface area (Å²) in [5.41, 5.74) is 0. The summed E-state index contributed by atoms with van der Waals surface area (Å²) < 4.78 is 0. The van der Waals surface area contributed by atoms with Crippen LogP contribution in [0.1, 0.15) is 14.4 Å². The molecule has 0 amide bonds. The van der Waals surface area contributed by atoms with E-state index in [9.17, 15) is 14.4 Å². The Bertz CT molecular complexity index is 506. The molecule has 1 heterocycles. The van der Waals surface area contributed by atoms with Gasteiger partial charge in [0.2, 0.25) is 0 Å². The number of nitrogens with zero attached hydrogens (tertiary/aromatic N) is 4. The molecule has 0 aromatic rings. The molecule has 1 aliphatic heterocycles. The van der Waals surface area contributed by atoms with Crippen molar-refractivity contribution in [3.05, 3.63) is 0 Å². The van der Waals surface area contributed by atoms with Crippen molar-refractivity contribution in [1.29, 1.82) is 0 Å². The van der Waals surface area contributed by atoms with Gasteiger partial charge in [-0.15, -0.1) is 0 Å². The average molecular weight is 418 g/mol. The maximum absolute atomic E-state index is 11.4. The van der Waals surface area contributed by atoms with Crippen LogP contribution in [0.15, 0.2) is 0 Å². The third kappa shape index (κ3) is 16.5. The normalized spacial score (nSPS) is 18.0. The summed E-state index contributed by atoms with van der Waals surface area (Å²) in [7, 11) is 1.98. The van der Waals surface area contributed by atoms with Crippen molar-refractivity contribution in [2.75, 3.05) is 79.0 Å². The Morgan fingerprint density at radius 1 is 0.724 bits per heavy atom. The van der Waals surface area contributed by atoms with E-state index in [1.807, 2.05) is 16.8 Å². The van der Waals surface area contributed by atoms with Crippen LogP contribution in [0, 0.1) is 0 Å². The van der Waals surface area contributed by atoms with Gasteiger partial charge in [0.25, 0.3) is 0 Å². The molecule has 0 radical (unpaired) electrons. The highest BCUT2D eigenvalue weighted by molar-refractivity contribution is 5.77. The molecule has 1 aliphatic rings. The summed E-state index contributed by atoms with van der Waals surface area (Å²) in [6.07, 6.45) is 0.250. The number of aliphatic carboxylic acids is 2. The monoisotopic (exact) mass is 418 g/mol. The lowest BCUT2D eigenvalue weighted by Crippen LogP contribution is -2.47. The number of carboxylic acids is 2. The third-order valence-corrected chi connectivity index (χ3v) is 4.22. The van der Waals surface area contributed by atoms with Crippen LogP contribution in [-0.2, 0) is 24.0 Å². The van der Waals surface area contributed by atoms with Crippen LogP contribution in [0.2, 0.25) is 0 Å². The first-order valence-corrected chi connectivity index (χ1v) is 8.95. The smallest absolute Gasteiger partial charge is 0.373 e. The van der Waals surface area contributed by atoms with E-state index in [0.717, 1.165) is 19.6 Å². The zero-order valence-electron chi connectivity index (χ0n) is 16.5. The SMILES string of the molecule is C.CC(=O)CN1CCN(C)CCN(CC(=O)O)CCN(CC(=O)O)CC1.O=C=O. The lowest BCUT2D eigenvalue weighted by molar-refractivity contribution is -0.191. The fraction of sp³-hybridized carbons (Fsp3) is 0.778. The van der Waals surface area contributed by atoms with E-state index in [4.69, 9.17) is 19.8 Å². The zero-order valence-corrected chi connectivity index (χ0v) is 16.5. The van der Waals surface area contributed by atoms with E-state index in [0.29, 0.717) is 39.3 Å². The first-order chi connectivity index (χ1) is 13.2. The number of carbonyl (C=O) groups excluding carboxylic acids is 3. The summed E-state index contributed by atoms with van der Waals surface area (Å²) >= 11 is 0. The average Bonchev–Trinajstić information content (AvgIpc) is 2.57. The number of hydrogen-bond donors (Lipinski definition) is 2. The molecular weight excluding hydrogens is 384 g/mol. The van der Waals surface area contributed by atoms with Crippen molar-refractivity contribution in [2.45, 2.75) is 14.4 Å². The van der Waals surface area contributed by atoms with Crippen LogP contribution in [-0.4, -0.2) is 133 Å². The molecule has 0 bridgehead atoms. The third-order valence-electron chi connectivity index (χ3n) is 4.22. The lowest BCUT2D eigenvalue weighted by Gasteiger charge is -2.32. The molecule has 0 aromatic heterocycles. The van der Waals surface area contributed by atoms with E-state index in [1.165, 1.54) is 0 Å². The molecule has 29 heavy (non-hydrogen) atoms. The van der Waals surface area contributed by atoms with Gasteiger partial charge in [-0.05, 0) is 14.0 Å². The van der Waals surface area contributed by atoms with Gasteiger partial charge in [-0.3, -0.25) is 29.1 Å². The van der Waals surface area contributed by atoms with Crippen LogP contribution in [0.3, 0.4) is 0 Å². The molecule has 0 saturated carbocycles. The standard InChI is InChI=1S/C16H30N4O5.CO2.CH4/c1-14(21)11-18-5-3-17(2)4-6-19(12-15(22)23)9-10-20(8-7-18)13-16(24)25;2-1-3;/h3-13H2,1-2H3,(H,22,23)(H,24,25);;1H4. The van der Waals surface area contributed by atoms with Gasteiger partial charge >= 0.3 is 18.1 Å². The van der Waals surface area contributed by atoms with Crippen molar-refractivity contribution in [3.63, 3.8) is 0 Å². The number of rotatable bonds is 6. The number of carbonyl (C=O) groups is 3. The molecule has 0 unspecified atom stereocenters. The topological polar surface area (TPSA) is 139 Å². The highest BCUT2D eigenvalue weighted by atomic mass is 16.4. The largest absolute Gasteiger partial charge is 0.480 e. The van der Waals surface area contributed by atoms with Crippen molar-refractivity contribution in [3.8, 4) is 0 Å². The molecule has 0 aliphatic carbocycles. The fourth-order valence-corrected chi connectivity index (χ4v) is 2.81. The van der Waals surface area contributed by atoms with Gasteiger partial charge < -0.3 is 15.1 Å². The fourth-order valence-electron chi connectivity index (χ4n) is 2.81. The van der Waals surface area contributed by atoms with Crippen molar-refractivity contribution < 1.29 is 34.2 Å². The van der Waals surface area contributed by atoms with Gasteiger partial charge in [0, 0.05) is 52.4 Å². The lowest BCUT2D eigenvalue weighted by atomic mass is 10.3. The first-order valence-electron chi connectivity index (χ1n) is 8.95. The Labute approximate surface area is 171 Å². The van der Waals surface area contributed by atoms with Crippen LogP contribution < -0.4 is 0 Å². The van der Waals surface area contributed by atoms with Crippen LogP contribution in [0.25, 0.3) is 0 Å². The van der Waals surface area contributed by atoms with E-state index >= 15 is 0 Å². The maximum atomic E-state index is 11.4. The molecule has 11 heteroatoms. The van der Waals surface area contributed by atoms with Crippen LogP contribution in [0.5, 0.6) is 0 Å². The summed E-state index contributed by atoms with van der Waals surface area (Å²) in [5, 5.41) is 18.1. The number of ketones is 1. The quantitative estimate of drug-likeness (QED) is 0.529. The Morgan fingerprint density at radius 2 is 1.00 bits per heavy atom. The van der Waals surface area contributed by atoms with Crippen molar-refractivity contribution >= 4 is 23.9 Å². The van der Waals surface area contributed by atoms with Gasteiger partial charge in [0.15, 0.2) is 0 Å². The second kappa shape index (κ2) is 16.8. The van der Waals surface area contributed by atoms with Gasteiger partial charge in [0.1, 0.15) is 5.78 Å². The molecule has 1 fully saturated rings. The van der Waals surface area contributed by atoms with Crippen LogP contribution in [0.4, 0.5) is 0 Å². The van der Waals surface area contributed by atoms with E-state index in [-0.39, 0.29) is 32.5 Å². The molecule has 1 rings (SSSR count). The molecular formula is C18H34N4O7. The molecule has 0 atom stereocenters. The summed E-state index contributed by atoms with van der Waals surface area (Å²) in [6.45, 7) is 6.72. The highest BCUT2D eigenvalue weighted by Crippen LogP contribution is 2.00. The molecule has 168 valence electrons. The summed E-state index contributed by atoms with van der Waals surface area (Å²) in [6, 6.07) is 0. The summed E-state index contributed by atoms with van der Waals surface area (Å²) in [5.74, 6) is -1.70. The van der Waals surface area contributed by atoms with Gasteiger partial charge in [-0.2, -0.15) is 9.59 Å². The van der Waals surface area contributed by atoms with E-state index in [2.05, 4.69) is 4.90 Å². The second-order valence-corrected chi connectivity index (χ2v) is 6.70. The number of Topliss-reactive ketones (excluding diaryl/α,β-unsaturated/α-hetero) is 1. The molecule has 2 N–H and O–H groups in total. The Morgan fingerprint density at radius 3 is 1.28 bits per heavy atom. The predicted octanol–water partition coefficient (Wildman–Crippen LogP) is -1.35. The first kappa shape index (κ1) is 29.0.